The van der Waals surface area contributed by atoms with Crippen LogP contribution < -0.4 is 0 Å². The minimum absolute atomic E-state index is 0.0363. The van der Waals surface area contributed by atoms with Crippen LogP contribution in [0.3, 0.4) is 0 Å². The fourth-order valence-electron chi connectivity index (χ4n) is 9.66. The molecule has 5 heterocycles. The molecule has 0 unspecified atom stereocenters. The second kappa shape index (κ2) is 17.2. The summed E-state index contributed by atoms with van der Waals surface area (Å²) < 4.78 is 57.8. The van der Waals surface area contributed by atoms with Crippen LogP contribution in [0.25, 0.3) is 0 Å². The lowest BCUT2D eigenvalue weighted by Crippen LogP contribution is -2.61. The third-order valence-corrected chi connectivity index (χ3v) is 13.0. The average Bonchev–Trinajstić information content (AvgIpc) is 3.51. The lowest BCUT2D eigenvalue weighted by molar-refractivity contribution is -0.325. The number of likely N-dealkylation sites (N-methyl/N-ethyl adjacent to an activating group) is 1. The van der Waals surface area contributed by atoms with Gasteiger partial charge in [0.1, 0.15) is 36.8 Å². The van der Waals surface area contributed by atoms with Gasteiger partial charge in [-0.2, -0.15) is 0 Å². The van der Waals surface area contributed by atoms with E-state index in [1.165, 1.54) is 0 Å². The van der Waals surface area contributed by atoms with E-state index in [1.807, 2.05) is 67.5 Å². The van der Waals surface area contributed by atoms with Crippen LogP contribution in [-0.4, -0.2) is 146 Å². The summed E-state index contributed by atoms with van der Waals surface area (Å²) in [6.07, 6.45) is -5.83. The number of cyclic esters (lactones) is 1. The highest BCUT2D eigenvalue weighted by Crippen LogP contribution is 2.44. The molecule has 5 aliphatic heterocycles. The maximum atomic E-state index is 14.5. The predicted molar refractivity (Wildman–Crippen MR) is 196 cm³/mol. The summed E-state index contributed by atoms with van der Waals surface area (Å²) in [5.74, 6) is -2.44. The molecule has 15 heteroatoms. The maximum absolute atomic E-state index is 14.5. The largest absolute Gasteiger partial charge is 0.459 e. The number of aliphatic hydroxyl groups excluding tert-OH is 2. The van der Waals surface area contributed by atoms with Crippen molar-refractivity contribution in [3.8, 4) is 0 Å². The molecule has 15 nitrogen and oxygen atoms in total. The Balaban J connectivity index is 1.63. The van der Waals surface area contributed by atoms with E-state index in [0.717, 1.165) is 5.71 Å². The van der Waals surface area contributed by atoms with Crippen molar-refractivity contribution in [2.75, 3.05) is 34.8 Å². The van der Waals surface area contributed by atoms with E-state index in [9.17, 15) is 15.0 Å². The van der Waals surface area contributed by atoms with Gasteiger partial charge >= 0.3 is 5.97 Å². The molecule has 0 radical (unpaired) electrons. The molecule has 5 aliphatic rings. The Labute approximate surface area is 321 Å². The molecule has 0 aliphatic carbocycles. The number of methoxy groups -OCH3 is 1. The number of esters is 1. The molecule has 0 aromatic heterocycles. The molecule has 0 spiro atoms. The van der Waals surface area contributed by atoms with Gasteiger partial charge in [-0.1, -0.05) is 32.9 Å². The monoisotopic (exact) mass is 772 g/mol. The topological polar surface area (TPSA) is 165 Å². The van der Waals surface area contributed by atoms with Crippen LogP contribution in [-0.2, 0) is 52.3 Å². The predicted octanol–water partition coefficient (Wildman–Crippen LogP) is 3.60. The highest BCUT2D eigenvalue weighted by atomic mass is 16.8. The van der Waals surface area contributed by atoms with Crippen LogP contribution in [0.4, 0.5) is 0 Å². The summed E-state index contributed by atoms with van der Waals surface area (Å²) in [6.45, 7) is 19.1. The normalized spacial score (nSPS) is 50.6. The van der Waals surface area contributed by atoms with Crippen molar-refractivity contribution >= 4 is 11.7 Å². The number of hydrogen-bond acceptors (Lipinski definition) is 15. The smallest absolute Gasteiger partial charge is 0.311 e. The molecule has 2 N–H and O–H groups in total. The van der Waals surface area contributed by atoms with Crippen LogP contribution in [0.5, 0.6) is 0 Å². The first kappa shape index (κ1) is 43.6. The van der Waals surface area contributed by atoms with Crippen LogP contribution in [0.2, 0.25) is 0 Å². The number of carbonyl (C=O) groups excluding carboxylic acids is 1. The second-order valence-electron chi connectivity index (χ2n) is 17.3. The maximum Gasteiger partial charge on any atom is 0.311 e. The van der Waals surface area contributed by atoms with Crippen molar-refractivity contribution in [1.82, 2.24) is 4.90 Å². The summed E-state index contributed by atoms with van der Waals surface area (Å²) in [5, 5.41) is 27.3. The zero-order valence-electron chi connectivity index (χ0n) is 34.7. The van der Waals surface area contributed by atoms with Gasteiger partial charge in [0.15, 0.2) is 12.6 Å². The van der Waals surface area contributed by atoms with Gasteiger partial charge in [-0.05, 0) is 74.9 Å². The number of carbonyl (C=O) groups is 1. The minimum Gasteiger partial charge on any atom is -0.459 e. The van der Waals surface area contributed by atoms with E-state index in [4.69, 9.17) is 47.5 Å². The van der Waals surface area contributed by atoms with Crippen molar-refractivity contribution in [3.63, 3.8) is 0 Å². The fraction of sp³-hybridized carbons (Fsp3) is 0.949. The van der Waals surface area contributed by atoms with Crippen LogP contribution in [0.15, 0.2) is 5.16 Å². The highest BCUT2D eigenvalue weighted by molar-refractivity contribution is 5.89. The first-order chi connectivity index (χ1) is 25.3. The Morgan fingerprint density at radius 2 is 1.65 bits per heavy atom. The summed E-state index contributed by atoms with van der Waals surface area (Å²) in [4.78, 5) is 22.3. The van der Waals surface area contributed by atoms with Crippen LogP contribution in [0.1, 0.15) is 94.9 Å². The van der Waals surface area contributed by atoms with Gasteiger partial charge in [-0.3, -0.25) is 4.79 Å². The molecule has 0 amide bonds. The second-order valence-corrected chi connectivity index (χ2v) is 17.3. The van der Waals surface area contributed by atoms with Gasteiger partial charge in [-0.15, -0.1) is 0 Å². The van der Waals surface area contributed by atoms with Crippen LogP contribution in [0, 0.1) is 23.7 Å². The quantitative estimate of drug-likeness (QED) is 0.361. The number of fused-ring (bicyclic) bond motifs is 4. The lowest BCUT2D eigenvalue weighted by Gasteiger charge is -2.50. The number of rotatable bonds is 7. The Bertz CT molecular complexity index is 1310. The summed E-state index contributed by atoms with van der Waals surface area (Å²) in [6, 6.07) is -0.231. The molecule has 54 heavy (non-hydrogen) atoms. The number of aliphatic hydroxyl groups is 2. The Morgan fingerprint density at radius 1 is 0.944 bits per heavy atom. The van der Waals surface area contributed by atoms with Gasteiger partial charge in [0.05, 0.1) is 47.2 Å². The van der Waals surface area contributed by atoms with E-state index >= 15 is 0 Å². The zero-order valence-corrected chi connectivity index (χ0v) is 34.7. The molecule has 2 bridgehead atoms. The minimum atomic E-state index is -1.09. The Kier molecular flexibility index (Phi) is 13.9. The third-order valence-electron chi connectivity index (χ3n) is 13.0. The van der Waals surface area contributed by atoms with E-state index in [1.54, 1.807) is 21.0 Å². The van der Waals surface area contributed by atoms with Crippen molar-refractivity contribution in [3.05, 3.63) is 0 Å². The van der Waals surface area contributed by atoms with Crippen molar-refractivity contribution < 1.29 is 62.5 Å². The SMILES string of the molecule is CC[C@H]1OC(=O)[C@H](C)[C@@H](O[C@H]2C[C@@](C)(OC)[C@@H](O)[C@H](C)O2)[C@H](C)[C@@H](O[C@@H]2O[C@H](C)C[C@H](N(C)C)[C@H]2O)[C@@]2(C)C[C@@H](C)/C(=N\OCO2)[C@H](C)[C@H]2OCO[C@@]21C. The molecule has 18 atom stereocenters. The molecule has 0 saturated carbocycles. The van der Waals surface area contributed by atoms with Crippen molar-refractivity contribution in [2.45, 2.75) is 179 Å². The summed E-state index contributed by atoms with van der Waals surface area (Å²) in [5.41, 5.74) is -2.30. The molecular weight excluding hydrogens is 704 g/mol. The third kappa shape index (κ3) is 8.52. The molecule has 5 rings (SSSR count). The van der Waals surface area contributed by atoms with Gasteiger partial charge < -0.3 is 62.6 Å². The molecule has 312 valence electrons. The van der Waals surface area contributed by atoms with Crippen molar-refractivity contribution in [2.24, 2.45) is 28.8 Å². The first-order valence-corrected chi connectivity index (χ1v) is 19.8. The van der Waals surface area contributed by atoms with E-state index in [0.29, 0.717) is 19.3 Å². The van der Waals surface area contributed by atoms with Crippen LogP contribution >= 0.6 is 0 Å². The Morgan fingerprint density at radius 3 is 2.30 bits per heavy atom. The fourth-order valence-corrected chi connectivity index (χ4v) is 9.66. The molecular formula is C39H68N2O13. The van der Waals surface area contributed by atoms with E-state index in [-0.39, 0.29) is 44.0 Å². The molecule has 0 aromatic carbocycles. The van der Waals surface area contributed by atoms with Crippen molar-refractivity contribution in [1.29, 1.82) is 0 Å². The number of oxime groups is 1. The Hall–Kier alpha value is -1.50. The summed E-state index contributed by atoms with van der Waals surface area (Å²) >= 11 is 0. The van der Waals surface area contributed by atoms with Gasteiger partial charge in [0.2, 0.25) is 6.79 Å². The molecule has 4 saturated heterocycles. The zero-order chi connectivity index (χ0) is 39.9. The first-order valence-electron chi connectivity index (χ1n) is 19.8. The average molecular weight is 773 g/mol. The lowest BCUT2D eigenvalue weighted by atomic mass is 9.73. The molecule has 0 aromatic rings. The number of hydrogen-bond donors (Lipinski definition) is 2. The number of ether oxygens (including phenoxy) is 9. The van der Waals surface area contributed by atoms with E-state index < -0.39 is 89.9 Å². The standard InChI is InChI=1S/C39H68N2O13/c1-14-27-39(10)34(46-18-48-39)22(4)29-20(2)16-38(9,47-19-49-40-29)33(54-36-30(42)26(41(11)12)15-21(3)50-36)23(5)31(24(6)35(44)52-27)53-28-17-37(8,45-13)32(43)25(7)51-28/h20-28,30-34,36,42-43H,14-19H2,1-13H3/b40-29+/t20-,21-,22+,23+,24-,25+,26+,27-,28+,30-,31+,32+,33-,34-,36+,37-,38-,39-/m1/s1. The van der Waals surface area contributed by atoms with E-state index in [2.05, 4.69) is 12.1 Å². The van der Waals surface area contributed by atoms with Gasteiger partial charge in [0.25, 0.3) is 0 Å². The summed E-state index contributed by atoms with van der Waals surface area (Å²) in [7, 11) is 5.40. The van der Waals surface area contributed by atoms with Gasteiger partial charge in [0, 0.05) is 37.3 Å². The molecule has 4 fully saturated rings. The highest BCUT2D eigenvalue weighted by Gasteiger charge is 2.56. The van der Waals surface area contributed by atoms with Gasteiger partial charge in [-0.25, -0.2) is 0 Å². The number of nitrogens with zero attached hydrogens (tertiary/aromatic N) is 2.